The van der Waals surface area contributed by atoms with Gasteiger partial charge in [0, 0.05) is 18.0 Å². The Hall–Kier alpha value is -2.58. The average Bonchev–Trinajstić information content (AvgIpc) is 3.31. The molecule has 0 bridgehead atoms. The summed E-state index contributed by atoms with van der Waals surface area (Å²) in [6.45, 7) is 0.952. The lowest BCUT2D eigenvalue weighted by molar-refractivity contribution is -0.137. The van der Waals surface area contributed by atoms with Crippen LogP contribution in [0.4, 0.5) is 0 Å². The molecular weight excluding hydrogens is 332 g/mol. The first-order chi connectivity index (χ1) is 12.2. The van der Waals surface area contributed by atoms with Crippen molar-refractivity contribution in [1.82, 2.24) is 10.2 Å². The van der Waals surface area contributed by atoms with Gasteiger partial charge in [-0.15, -0.1) is 17.8 Å². The van der Waals surface area contributed by atoms with Crippen LogP contribution in [0.1, 0.15) is 29.3 Å². The van der Waals surface area contributed by atoms with Crippen LogP contribution < -0.4 is 5.32 Å². The lowest BCUT2D eigenvalue weighted by Gasteiger charge is -2.29. The Labute approximate surface area is 151 Å². The van der Waals surface area contributed by atoms with E-state index in [0.29, 0.717) is 19.0 Å². The lowest BCUT2D eigenvalue weighted by atomic mass is 10.1. The van der Waals surface area contributed by atoms with E-state index in [4.69, 9.17) is 6.42 Å². The molecule has 0 aliphatic heterocycles. The number of terminal acetylenes is 1. The van der Waals surface area contributed by atoms with Gasteiger partial charge in [0.25, 0.3) is 5.91 Å². The van der Waals surface area contributed by atoms with Gasteiger partial charge in [-0.2, -0.15) is 0 Å². The third kappa shape index (κ3) is 4.49. The number of nitrogens with one attached hydrogen (secondary N) is 1. The predicted molar refractivity (Wildman–Crippen MR) is 98.6 cm³/mol. The standard InChI is InChI=1S/C20H20N2O2S/c1-2-18(23)22(14-16-10-11-16)19(17-9-6-12-25-17)20(24)21-13-15-7-4-3-5-8-15/h1,3-9,12,16,19H,10-11,13-14H2,(H,21,24). The van der Waals surface area contributed by atoms with Crippen LogP contribution in [0, 0.1) is 18.3 Å². The van der Waals surface area contributed by atoms with Gasteiger partial charge in [0.2, 0.25) is 5.91 Å². The molecule has 5 heteroatoms. The summed E-state index contributed by atoms with van der Waals surface area (Å²) in [7, 11) is 0. The maximum atomic E-state index is 12.9. The summed E-state index contributed by atoms with van der Waals surface area (Å²) in [5.74, 6) is 2.00. The number of hydrogen-bond donors (Lipinski definition) is 1. The minimum absolute atomic E-state index is 0.199. The first kappa shape index (κ1) is 17.2. The van der Waals surface area contributed by atoms with Crippen LogP contribution in [-0.2, 0) is 16.1 Å². The van der Waals surface area contributed by atoms with Crippen LogP contribution in [0.2, 0.25) is 0 Å². The SMILES string of the molecule is C#CC(=O)N(CC1CC1)C(C(=O)NCc1ccccc1)c1cccs1. The number of nitrogens with zero attached hydrogens (tertiary/aromatic N) is 1. The molecule has 0 spiro atoms. The molecule has 2 amide bonds. The van der Waals surface area contributed by atoms with E-state index in [2.05, 4.69) is 11.2 Å². The molecule has 1 saturated carbocycles. The van der Waals surface area contributed by atoms with E-state index in [1.807, 2.05) is 47.8 Å². The third-order valence-electron chi connectivity index (χ3n) is 4.22. The highest BCUT2D eigenvalue weighted by Gasteiger charge is 2.35. The number of benzene rings is 1. The molecule has 1 aromatic heterocycles. The maximum Gasteiger partial charge on any atom is 0.299 e. The van der Waals surface area contributed by atoms with Gasteiger partial charge >= 0.3 is 0 Å². The quantitative estimate of drug-likeness (QED) is 0.779. The molecule has 1 aromatic carbocycles. The monoisotopic (exact) mass is 352 g/mol. The molecule has 1 heterocycles. The second-order valence-corrected chi connectivity index (χ2v) is 7.15. The van der Waals surface area contributed by atoms with Gasteiger partial charge in [0.1, 0.15) is 6.04 Å². The second kappa shape index (κ2) is 8.00. The molecule has 1 aliphatic carbocycles. The van der Waals surface area contributed by atoms with Crippen molar-refractivity contribution >= 4 is 23.2 Å². The van der Waals surface area contributed by atoms with E-state index < -0.39 is 11.9 Å². The first-order valence-corrected chi connectivity index (χ1v) is 9.19. The van der Waals surface area contributed by atoms with Gasteiger partial charge in [-0.3, -0.25) is 9.59 Å². The summed E-state index contributed by atoms with van der Waals surface area (Å²) in [6.07, 6.45) is 7.52. The van der Waals surface area contributed by atoms with Gasteiger partial charge < -0.3 is 10.2 Å². The van der Waals surface area contributed by atoms with Crippen LogP contribution >= 0.6 is 11.3 Å². The number of rotatable bonds is 7. The zero-order valence-corrected chi connectivity index (χ0v) is 14.7. The Morgan fingerprint density at radius 3 is 2.60 bits per heavy atom. The Morgan fingerprint density at radius 1 is 1.24 bits per heavy atom. The summed E-state index contributed by atoms with van der Waals surface area (Å²) < 4.78 is 0. The van der Waals surface area contributed by atoms with E-state index >= 15 is 0 Å². The number of amides is 2. The van der Waals surface area contributed by atoms with Gasteiger partial charge in [-0.1, -0.05) is 36.4 Å². The molecule has 4 nitrogen and oxygen atoms in total. The zero-order chi connectivity index (χ0) is 17.6. The summed E-state index contributed by atoms with van der Waals surface area (Å²) >= 11 is 1.46. The van der Waals surface area contributed by atoms with Gasteiger partial charge in [0.05, 0.1) is 0 Å². The summed E-state index contributed by atoms with van der Waals surface area (Å²) in [6, 6.07) is 12.8. The fourth-order valence-electron chi connectivity index (χ4n) is 2.72. The molecule has 0 radical (unpaired) electrons. The van der Waals surface area contributed by atoms with E-state index in [1.54, 1.807) is 4.90 Å². The van der Waals surface area contributed by atoms with Crippen molar-refractivity contribution in [2.75, 3.05) is 6.54 Å². The summed E-state index contributed by atoms with van der Waals surface area (Å²) in [4.78, 5) is 27.6. The molecule has 25 heavy (non-hydrogen) atoms. The second-order valence-electron chi connectivity index (χ2n) is 6.17. The molecular formula is C20H20N2O2S. The van der Waals surface area contributed by atoms with Crippen molar-refractivity contribution in [3.63, 3.8) is 0 Å². The molecule has 0 saturated heterocycles. The van der Waals surface area contributed by atoms with Gasteiger partial charge in [-0.05, 0) is 41.7 Å². The molecule has 1 N–H and O–H groups in total. The Bertz CT molecular complexity index is 761. The number of hydrogen-bond acceptors (Lipinski definition) is 3. The molecule has 1 fully saturated rings. The predicted octanol–water partition coefficient (Wildman–Crippen LogP) is 2.98. The van der Waals surface area contributed by atoms with E-state index in [0.717, 1.165) is 23.3 Å². The van der Waals surface area contributed by atoms with Crippen molar-refractivity contribution < 1.29 is 9.59 Å². The van der Waals surface area contributed by atoms with Crippen molar-refractivity contribution in [2.45, 2.75) is 25.4 Å². The van der Waals surface area contributed by atoms with Crippen LogP contribution in [-0.4, -0.2) is 23.3 Å². The van der Waals surface area contributed by atoms with Crippen molar-refractivity contribution in [3.8, 4) is 12.3 Å². The highest BCUT2D eigenvalue weighted by molar-refractivity contribution is 7.10. The topological polar surface area (TPSA) is 49.4 Å². The summed E-state index contributed by atoms with van der Waals surface area (Å²) in [5.41, 5.74) is 1.01. The van der Waals surface area contributed by atoms with Crippen molar-refractivity contribution in [1.29, 1.82) is 0 Å². The van der Waals surface area contributed by atoms with E-state index in [-0.39, 0.29) is 5.91 Å². The van der Waals surface area contributed by atoms with Gasteiger partial charge in [-0.25, -0.2) is 0 Å². The van der Waals surface area contributed by atoms with Crippen LogP contribution in [0.5, 0.6) is 0 Å². The zero-order valence-electron chi connectivity index (χ0n) is 13.9. The molecule has 1 unspecified atom stereocenters. The Balaban J connectivity index is 1.79. The van der Waals surface area contributed by atoms with E-state index in [1.165, 1.54) is 11.3 Å². The Kier molecular flexibility index (Phi) is 5.52. The van der Waals surface area contributed by atoms with Crippen molar-refractivity contribution in [3.05, 3.63) is 58.3 Å². The van der Waals surface area contributed by atoms with Crippen LogP contribution in [0.25, 0.3) is 0 Å². The highest BCUT2D eigenvalue weighted by Crippen LogP contribution is 2.34. The number of carbonyl (C=O) groups is 2. The van der Waals surface area contributed by atoms with E-state index in [9.17, 15) is 9.59 Å². The molecule has 3 rings (SSSR count). The lowest BCUT2D eigenvalue weighted by Crippen LogP contribution is -2.43. The maximum absolute atomic E-state index is 12.9. The van der Waals surface area contributed by atoms with Gasteiger partial charge in [0.15, 0.2) is 0 Å². The van der Waals surface area contributed by atoms with Crippen molar-refractivity contribution in [2.24, 2.45) is 5.92 Å². The smallest absolute Gasteiger partial charge is 0.299 e. The largest absolute Gasteiger partial charge is 0.350 e. The average molecular weight is 352 g/mol. The normalized spacial score (nSPS) is 14.4. The highest BCUT2D eigenvalue weighted by atomic mass is 32.1. The van der Waals surface area contributed by atoms with Crippen LogP contribution in [0.3, 0.4) is 0 Å². The molecule has 128 valence electrons. The third-order valence-corrected chi connectivity index (χ3v) is 5.14. The molecule has 1 aliphatic rings. The number of thiophene rings is 1. The molecule has 2 aromatic rings. The fraction of sp³-hybridized carbons (Fsp3) is 0.300. The Morgan fingerprint density at radius 2 is 2.00 bits per heavy atom. The van der Waals surface area contributed by atoms with Crippen LogP contribution in [0.15, 0.2) is 47.8 Å². The molecule has 1 atom stereocenters. The summed E-state index contributed by atoms with van der Waals surface area (Å²) in [5, 5.41) is 4.85. The first-order valence-electron chi connectivity index (χ1n) is 8.31. The minimum Gasteiger partial charge on any atom is -0.350 e. The fourth-order valence-corrected chi connectivity index (χ4v) is 3.55. The minimum atomic E-state index is -0.673. The number of carbonyl (C=O) groups excluding carboxylic acids is 2.